The molecule has 1 aromatic heterocycles. The van der Waals surface area contributed by atoms with Crippen molar-refractivity contribution in [1.29, 1.82) is 0 Å². The van der Waals surface area contributed by atoms with Gasteiger partial charge in [-0.3, -0.25) is 9.59 Å². The monoisotopic (exact) mass is 363 g/mol. The summed E-state index contributed by atoms with van der Waals surface area (Å²) in [5, 5.41) is 0. The molecule has 0 amide bonds. The van der Waals surface area contributed by atoms with Crippen LogP contribution in [0.15, 0.2) is 24.5 Å². The fourth-order valence-corrected chi connectivity index (χ4v) is 2.87. The van der Waals surface area contributed by atoms with E-state index in [1.165, 1.54) is 0 Å². The summed E-state index contributed by atoms with van der Waals surface area (Å²) in [6.07, 6.45) is 6.58. The molecule has 0 saturated carbocycles. The van der Waals surface area contributed by atoms with E-state index in [0.717, 1.165) is 18.4 Å². The van der Waals surface area contributed by atoms with Gasteiger partial charge in [0.25, 0.3) is 0 Å². The number of unbranched alkanes of at least 4 members (excludes halogenated alkanes) is 1. The summed E-state index contributed by atoms with van der Waals surface area (Å²) in [5.74, 6) is 0.0195. The Morgan fingerprint density at radius 3 is 2.46 bits per heavy atom. The lowest BCUT2D eigenvalue weighted by Gasteiger charge is -2.15. The number of aromatic nitrogens is 1. The number of Topliss-reactive ketones (excluding diaryl/α,β-unsaturated/α-hetero) is 2. The fraction of sp³-hybridized carbons (Fsp3) is 0.650. The average Bonchev–Trinajstić information content (AvgIpc) is 2.61. The van der Waals surface area contributed by atoms with Gasteiger partial charge in [0.1, 0.15) is 5.78 Å². The van der Waals surface area contributed by atoms with Crippen LogP contribution in [0.25, 0.3) is 0 Å². The highest BCUT2D eigenvalue weighted by Gasteiger charge is 2.24. The highest BCUT2D eigenvalue weighted by atomic mass is 16.1. The van der Waals surface area contributed by atoms with Gasteiger partial charge in [-0.2, -0.15) is 0 Å². The highest BCUT2D eigenvalue weighted by Crippen LogP contribution is 2.15. The second-order valence-electron chi connectivity index (χ2n) is 7.46. The van der Waals surface area contributed by atoms with E-state index < -0.39 is 6.04 Å². The van der Waals surface area contributed by atoms with Crippen LogP contribution in [0.5, 0.6) is 0 Å². The second kappa shape index (κ2) is 11.2. The molecule has 26 heavy (non-hydrogen) atoms. The van der Waals surface area contributed by atoms with E-state index in [1.807, 2.05) is 49.9 Å². The zero-order valence-corrected chi connectivity index (χ0v) is 16.4. The van der Waals surface area contributed by atoms with E-state index in [2.05, 4.69) is 0 Å². The molecule has 1 heterocycles. The number of carbonyl (C=O) groups is 2. The molecule has 0 aromatic carbocycles. The van der Waals surface area contributed by atoms with Gasteiger partial charge in [0.15, 0.2) is 24.7 Å². The third-order valence-electron chi connectivity index (χ3n) is 4.68. The molecule has 0 aliphatic rings. The number of rotatable bonds is 12. The molecule has 0 saturated heterocycles. The summed E-state index contributed by atoms with van der Waals surface area (Å²) in [7, 11) is 0. The normalized spacial score (nSPS) is 14.9. The molecule has 0 radical (unpaired) electrons. The summed E-state index contributed by atoms with van der Waals surface area (Å²) < 4.78 is 1.95. The van der Waals surface area contributed by atoms with Crippen LogP contribution in [-0.2, 0) is 16.1 Å². The molecule has 0 aliphatic carbocycles. The predicted octanol–water partition coefficient (Wildman–Crippen LogP) is 1.25. The van der Waals surface area contributed by atoms with Gasteiger partial charge in [0.05, 0.1) is 12.0 Å². The smallest absolute Gasteiger partial charge is 0.173 e. The summed E-state index contributed by atoms with van der Waals surface area (Å²) in [6.45, 7) is 6.82. The first kappa shape index (κ1) is 22.4. The Morgan fingerprint density at radius 1 is 1.15 bits per heavy atom. The lowest BCUT2D eigenvalue weighted by molar-refractivity contribution is -0.701. The Hall–Kier alpha value is -1.63. The van der Waals surface area contributed by atoms with Gasteiger partial charge in [0, 0.05) is 30.0 Å². The van der Waals surface area contributed by atoms with Crippen molar-refractivity contribution in [2.24, 2.45) is 29.0 Å². The lowest BCUT2D eigenvalue weighted by Crippen LogP contribution is -2.44. The van der Waals surface area contributed by atoms with E-state index in [1.54, 1.807) is 0 Å². The van der Waals surface area contributed by atoms with Gasteiger partial charge < -0.3 is 17.2 Å². The maximum absolute atomic E-state index is 12.4. The highest BCUT2D eigenvalue weighted by molar-refractivity contribution is 5.85. The van der Waals surface area contributed by atoms with Gasteiger partial charge in [-0.1, -0.05) is 20.3 Å². The number of hydrogen-bond donors (Lipinski definition) is 3. The molecule has 1 aromatic rings. The number of nitrogens with zero attached hydrogens (tertiary/aromatic N) is 1. The quantitative estimate of drug-likeness (QED) is 0.382. The summed E-state index contributed by atoms with van der Waals surface area (Å²) in [4.78, 5) is 24.4. The van der Waals surface area contributed by atoms with Crippen LogP contribution in [0, 0.1) is 11.8 Å². The van der Waals surface area contributed by atoms with E-state index in [4.69, 9.17) is 17.2 Å². The largest absolute Gasteiger partial charge is 0.330 e. The minimum absolute atomic E-state index is 0.0183. The fourth-order valence-electron chi connectivity index (χ4n) is 2.87. The van der Waals surface area contributed by atoms with Crippen molar-refractivity contribution in [2.45, 2.75) is 65.1 Å². The van der Waals surface area contributed by atoms with Crippen LogP contribution < -0.4 is 21.8 Å². The topological polar surface area (TPSA) is 116 Å². The molecule has 6 nitrogen and oxygen atoms in total. The van der Waals surface area contributed by atoms with E-state index in [0.29, 0.717) is 25.9 Å². The molecule has 0 bridgehead atoms. The van der Waals surface area contributed by atoms with Crippen molar-refractivity contribution in [1.82, 2.24) is 0 Å². The maximum Gasteiger partial charge on any atom is 0.173 e. The van der Waals surface area contributed by atoms with Gasteiger partial charge in [-0.25, -0.2) is 4.57 Å². The third kappa shape index (κ3) is 7.32. The molecule has 0 aliphatic heterocycles. The van der Waals surface area contributed by atoms with Gasteiger partial charge in [-0.05, 0) is 32.4 Å². The molecular formula is C20H35N4O2+. The molecule has 0 spiro atoms. The predicted molar refractivity (Wildman–Crippen MR) is 103 cm³/mol. The van der Waals surface area contributed by atoms with E-state index in [-0.39, 0.29) is 29.4 Å². The van der Waals surface area contributed by atoms with Crippen molar-refractivity contribution in [3.63, 3.8) is 0 Å². The Labute approximate surface area is 157 Å². The van der Waals surface area contributed by atoms with E-state index in [9.17, 15) is 9.59 Å². The third-order valence-corrected chi connectivity index (χ3v) is 4.68. The minimum Gasteiger partial charge on any atom is -0.330 e. The number of ketones is 2. The Bertz CT molecular complexity index is 589. The van der Waals surface area contributed by atoms with Gasteiger partial charge in [-0.15, -0.1) is 0 Å². The number of hydrogen-bond acceptors (Lipinski definition) is 5. The van der Waals surface area contributed by atoms with Crippen molar-refractivity contribution in [3.05, 3.63) is 30.1 Å². The van der Waals surface area contributed by atoms with Crippen LogP contribution in [-0.4, -0.2) is 24.2 Å². The zero-order valence-electron chi connectivity index (χ0n) is 16.4. The number of carbonyl (C=O) groups excluding carboxylic acids is 2. The summed E-state index contributed by atoms with van der Waals surface area (Å²) >= 11 is 0. The number of pyridine rings is 1. The first-order chi connectivity index (χ1) is 12.3. The van der Waals surface area contributed by atoms with Crippen LogP contribution in [0.2, 0.25) is 0 Å². The lowest BCUT2D eigenvalue weighted by atomic mass is 9.96. The first-order valence-corrected chi connectivity index (χ1v) is 9.52. The van der Waals surface area contributed by atoms with E-state index >= 15 is 0 Å². The average molecular weight is 364 g/mol. The van der Waals surface area contributed by atoms with Crippen LogP contribution in [0.1, 0.15) is 58.1 Å². The van der Waals surface area contributed by atoms with Crippen molar-refractivity contribution < 1.29 is 14.2 Å². The van der Waals surface area contributed by atoms with Crippen molar-refractivity contribution in [3.8, 4) is 0 Å². The summed E-state index contributed by atoms with van der Waals surface area (Å²) in [6, 6.07) is 3.04. The molecule has 1 unspecified atom stereocenters. The molecule has 6 N–H and O–H groups in total. The van der Waals surface area contributed by atoms with Crippen LogP contribution in [0.3, 0.4) is 0 Å². The molecular weight excluding hydrogens is 328 g/mol. The number of nitrogens with two attached hydrogens (primary N) is 3. The first-order valence-electron chi connectivity index (χ1n) is 9.52. The van der Waals surface area contributed by atoms with Gasteiger partial charge in [0.2, 0.25) is 0 Å². The molecule has 146 valence electrons. The molecule has 0 fully saturated rings. The molecule has 1 rings (SSSR count). The van der Waals surface area contributed by atoms with Crippen molar-refractivity contribution >= 4 is 11.6 Å². The SMILES string of the molecule is CC(C)C(=O)C[C@H](N)c1ccc[n+](CC(C)C(=O)[C@H](N)CCCCN)c1. The Morgan fingerprint density at radius 2 is 1.85 bits per heavy atom. The second-order valence-corrected chi connectivity index (χ2v) is 7.46. The van der Waals surface area contributed by atoms with Crippen molar-refractivity contribution in [2.75, 3.05) is 6.54 Å². The summed E-state index contributed by atoms with van der Waals surface area (Å²) in [5.41, 5.74) is 18.6. The zero-order chi connectivity index (χ0) is 19.7. The molecule has 3 atom stereocenters. The Balaban J connectivity index is 2.67. The Kier molecular flexibility index (Phi) is 9.62. The van der Waals surface area contributed by atoms with Crippen LogP contribution >= 0.6 is 0 Å². The standard InChI is InChI=1S/C20H35N4O2/c1-14(2)19(25)11-18(23)16-7-6-10-24(13-16)12-15(3)20(26)17(22)8-4-5-9-21/h6-7,10,13-15,17-18H,4-5,8-9,11-12,21-23H2,1-3H3/q+1/t15?,17-,18+/m1/s1. The molecule has 6 heteroatoms. The minimum atomic E-state index is -0.439. The van der Waals surface area contributed by atoms with Crippen LogP contribution in [0.4, 0.5) is 0 Å². The van der Waals surface area contributed by atoms with Gasteiger partial charge >= 0.3 is 0 Å². The maximum atomic E-state index is 12.4.